The lowest BCUT2D eigenvalue weighted by atomic mass is 10.1. The number of hydrogen-bond donors (Lipinski definition) is 2. The Bertz CT molecular complexity index is 979. The van der Waals surface area contributed by atoms with Crippen molar-refractivity contribution >= 4 is 28.6 Å². The zero-order valence-corrected chi connectivity index (χ0v) is 14.6. The van der Waals surface area contributed by atoms with Crippen molar-refractivity contribution in [3.05, 3.63) is 41.5 Å². The van der Waals surface area contributed by atoms with Crippen molar-refractivity contribution in [1.29, 1.82) is 0 Å². The minimum absolute atomic E-state index is 0.0820. The van der Waals surface area contributed by atoms with E-state index in [2.05, 4.69) is 9.97 Å². The largest absolute Gasteiger partial charge is 0.496 e. The summed E-state index contributed by atoms with van der Waals surface area (Å²) in [6, 6.07) is 8.04. The first kappa shape index (κ1) is 17.3. The van der Waals surface area contributed by atoms with Gasteiger partial charge in [0.05, 0.1) is 25.3 Å². The van der Waals surface area contributed by atoms with Gasteiger partial charge in [0.1, 0.15) is 23.1 Å². The molecule has 1 aromatic heterocycles. The van der Waals surface area contributed by atoms with E-state index in [0.717, 1.165) is 5.56 Å². The van der Waals surface area contributed by atoms with Crippen LogP contribution in [0.1, 0.15) is 15.9 Å². The first-order chi connectivity index (χ1) is 12.4. The Morgan fingerprint density at radius 3 is 2.27 bits per heavy atom. The lowest BCUT2D eigenvalue weighted by Gasteiger charge is -2.12. The van der Waals surface area contributed by atoms with Gasteiger partial charge in [0.25, 0.3) is 0 Å². The van der Waals surface area contributed by atoms with Gasteiger partial charge in [-0.15, -0.1) is 0 Å². The molecule has 0 unspecified atom stereocenters. The van der Waals surface area contributed by atoms with E-state index in [0.29, 0.717) is 33.7 Å². The van der Waals surface area contributed by atoms with Crippen LogP contribution in [-0.2, 0) is 0 Å². The highest BCUT2D eigenvalue weighted by Gasteiger charge is 2.16. The number of aromatic nitrogens is 2. The minimum atomic E-state index is -0.559. The highest BCUT2D eigenvalue weighted by Crippen LogP contribution is 2.30. The summed E-state index contributed by atoms with van der Waals surface area (Å²) >= 11 is 0. The molecule has 3 aromatic rings. The van der Waals surface area contributed by atoms with Crippen LogP contribution in [-0.4, -0.2) is 30.2 Å². The second-order valence-corrected chi connectivity index (χ2v) is 5.54. The second-order valence-electron chi connectivity index (χ2n) is 5.54. The molecule has 0 atom stereocenters. The van der Waals surface area contributed by atoms with Gasteiger partial charge >= 0.3 is 5.97 Å². The molecule has 2 aromatic carbocycles. The number of methoxy groups -OCH3 is 2. The molecule has 1 heterocycles. The van der Waals surface area contributed by atoms with Gasteiger partial charge in [-0.05, 0) is 37.3 Å². The summed E-state index contributed by atoms with van der Waals surface area (Å²) < 4.78 is 16.0. The summed E-state index contributed by atoms with van der Waals surface area (Å²) in [4.78, 5) is 20.5. The predicted molar refractivity (Wildman–Crippen MR) is 97.6 cm³/mol. The van der Waals surface area contributed by atoms with Gasteiger partial charge in [0.2, 0.25) is 5.95 Å². The van der Waals surface area contributed by atoms with Crippen molar-refractivity contribution in [1.82, 2.24) is 9.97 Å². The molecule has 26 heavy (non-hydrogen) atoms. The average molecular weight is 354 g/mol. The van der Waals surface area contributed by atoms with E-state index in [1.807, 2.05) is 6.92 Å². The van der Waals surface area contributed by atoms with Crippen molar-refractivity contribution in [3.63, 3.8) is 0 Å². The summed E-state index contributed by atoms with van der Waals surface area (Å²) in [5.41, 5.74) is 13.1. The number of benzene rings is 2. The fourth-order valence-electron chi connectivity index (χ4n) is 2.58. The topological polar surface area (TPSA) is 123 Å². The summed E-state index contributed by atoms with van der Waals surface area (Å²) in [6.45, 7) is 1.84. The zero-order chi connectivity index (χ0) is 18.8. The highest BCUT2D eigenvalue weighted by molar-refractivity contribution is 5.94. The third kappa shape index (κ3) is 3.16. The molecule has 0 radical (unpaired) electrons. The van der Waals surface area contributed by atoms with Crippen LogP contribution < -0.4 is 25.7 Å². The number of esters is 1. The first-order valence-electron chi connectivity index (χ1n) is 7.70. The van der Waals surface area contributed by atoms with Gasteiger partial charge < -0.3 is 25.7 Å². The Morgan fingerprint density at radius 2 is 1.65 bits per heavy atom. The van der Waals surface area contributed by atoms with Gasteiger partial charge in [0.15, 0.2) is 0 Å². The lowest BCUT2D eigenvalue weighted by Crippen LogP contribution is -2.10. The number of nitrogens with two attached hydrogens (primary N) is 2. The third-order valence-corrected chi connectivity index (χ3v) is 3.91. The third-order valence-electron chi connectivity index (χ3n) is 3.91. The maximum atomic E-state index is 12.5. The molecule has 4 N–H and O–H groups in total. The van der Waals surface area contributed by atoms with E-state index < -0.39 is 5.97 Å². The minimum Gasteiger partial charge on any atom is -0.496 e. The van der Waals surface area contributed by atoms with Crippen LogP contribution in [0.4, 0.5) is 11.8 Å². The number of anilines is 2. The summed E-state index contributed by atoms with van der Waals surface area (Å²) in [5.74, 6) is 1.10. The SMILES string of the molecule is COc1cc(C(=O)Oc2ccc3nc(N)nc(N)c3c2)cc(OC)c1C. The Balaban J connectivity index is 1.94. The number of nitrogens with zero attached hydrogens (tertiary/aromatic N) is 2. The van der Waals surface area contributed by atoms with Gasteiger partial charge in [-0.1, -0.05) is 0 Å². The van der Waals surface area contributed by atoms with Crippen LogP contribution in [0.15, 0.2) is 30.3 Å². The molecule has 0 saturated carbocycles. The first-order valence-corrected chi connectivity index (χ1v) is 7.70. The molecule has 0 aliphatic rings. The van der Waals surface area contributed by atoms with Gasteiger partial charge in [-0.2, -0.15) is 4.98 Å². The number of rotatable bonds is 4. The van der Waals surface area contributed by atoms with Crippen LogP contribution in [0.5, 0.6) is 17.2 Å². The van der Waals surface area contributed by atoms with Crippen LogP contribution in [0, 0.1) is 6.92 Å². The highest BCUT2D eigenvalue weighted by atomic mass is 16.5. The summed E-state index contributed by atoms with van der Waals surface area (Å²) in [7, 11) is 3.05. The number of carbonyl (C=O) groups is 1. The molecular formula is C18H18N4O4. The number of fused-ring (bicyclic) bond motifs is 1. The quantitative estimate of drug-likeness (QED) is 0.540. The summed E-state index contributed by atoms with van der Waals surface area (Å²) in [5, 5.41) is 0.545. The van der Waals surface area contributed by atoms with E-state index in [4.69, 9.17) is 25.7 Å². The fourth-order valence-corrected chi connectivity index (χ4v) is 2.58. The maximum Gasteiger partial charge on any atom is 0.343 e. The number of nitrogen functional groups attached to an aromatic ring is 2. The lowest BCUT2D eigenvalue weighted by molar-refractivity contribution is 0.0734. The van der Waals surface area contributed by atoms with Gasteiger partial charge in [-0.3, -0.25) is 0 Å². The van der Waals surface area contributed by atoms with Crippen LogP contribution in [0.3, 0.4) is 0 Å². The standard InChI is InChI=1S/C18H18N4O4/c1-9-14(24-2)6-10(7-15(9)25-3)17(23)26-11-4-5-13-12(8-11)16(19)22-18(20)21-13/h4-8H,1-3H3,(H4,19,20,21,22). The van der Waals surface area contributed by atoms with E-state index in [-0.39, 0.29) is 11.8 Å². The van der Waals surface area contributed by atoms with E-state index in [1.54, 1.807) is 30.3 Å². The predicted octanol–water partition coefficient (Wildman–Crippen LogP) is 2.34. The van der Waals surface area contributed by atoms with Crippen LogP contribution >= 0.6 is 0 Å². The molecule has 8 nitrogen and oxygen atoms in total. The van der Waals surface area contributed by atoms with Crippen molar-refractivity contribution in [2.24, 2.45) is 0 Å². The Labute approximate surface area is 149 Å². The number of carbonyl (C=O) groups excluding carboxylic acids is 1. The zero-order valence-electron chi connectivity index (χ0n) is 14.6. The normalized spacial score (nSPS) is 10.6. The number of hydrogen-bond acceptors (Lipinski definition) is 8. The smallest absolute Gasteiger partial charge is 0.343 e. The number of ether oxygens (including phenoxy) is 3. The fraction of sp³-hybridized carbons (Fsp3) is 0.167. The van der Waals surface area contributed by atoms with Gasteiger partial charge in [0, 0.05) is 10.9 Å². The molecule has 134 valence electrons. The molecule has 0 amide bonds. The van der Waals surface area contributed by atoms with E-state index in [1.165, 1.54) is 14.2 Å². The van der Waals surface area contributed by atoms with Crippen molar-refractivity contribution in [2.75, 3.05) is 25.7 Å². The molecule has 0 aliphatic heterocycles. The molecule has 0 spiro atoms. The Kier molecular flexibility index (Phi) is 4.49. The molecule has 0 aliphatic carbocycles. The molecule has 0 bridgehead atoms. The van der Waals surface area contributed by atoms with Crippen molar-refractivity contribution in [3.8, 4) is 17.2 Å². The van der Waals surface area contributed by atoms with Crippen molar-refractivity contribution < 1.29 is 19.0 Å². The summed E-state index contributed by atoms with van der Waals surface area (Å²) in [6.07, 6.45) is 0. The van der Waals surface area contributed by atoms with Gasteiger partial charge in [-0.25, -0.2) is 9.78 Å². The maximum absolute atomic E-state index is 12.5. The van der Waals surface area contributed by atoms with Crippen LogP contribution in [0.25, 0.3) is 10.9 Å². The molecular weight excluding hydrogens is 336 g/mol. The van der Waals surface area contributed by atoms with E-state index in [9.17, 15) is 4.79 Å². The Morgan fingerprint density at radius 1 is 1.00 bits per heavy atom. The average Bonchev–Trinajstić information content (AvgIpc) is 2.62. The van der Waals surface area contributed by atoms with Crippen molar-refractivity contribution in [2.45, 2.75) is 6.92 Å². The Hall–Kier alpha value is -3.55. The molecule has 3 rings (SSSR count). The van der Waals surface area contributed by atoms with E-state index >= 15 is 0 Å². The second kappa shape index (κ2) is 6.75. The molecule has 8 heteroatoms. The molecule has 0 fully saturated rings. The molecule has 0 saturated heterocycles. The monoisotopic (exact) mass is 354 g/mol. The van der Waals surface area contributed by atoms with Crippen LogP contribution in [0.2, 0.25) is 0 Å².